The molecule has 0 radical (unpaired) electrons. The van der Waals surface area contributed by atoms with Crippen LogP contribution in [0.1, 0.15) is 16.9 Å². The number of hydrogen-bond donors (Lipinski definition) is 1. The maximum atomic E-state index is 5.98. The van der Waals surface area contributed by atoms with Crippen LogP contribution in [0.2, 0.25) is 5.02 Å². The number of halogens is 1. The van der Waals surface area contributed by atoms with Crippen LogP contribution < -0.4 is 5.73 Å². The van der Waals surface area contributed by atoms with E-state index in [-0.39, 0.29) is 0 Å². The third-order valence-electron chi connectivity index (χ3n) is 2.64. The number of hydrogen-bond acceptors (Lipinski definition) is 3. The van der Waals surface area contributed by atoms with Crippen molar-refractivity contribution < 1.29 is 4.52 Å². The van der Waals surface area contributed by atoms with Gasteiger partial charge in [0.2, 0.25) is 0 Å². The smallest absolute Gasteiger partial charge is 0.138 e. The van der Waals surface area contributed by atoms with Gasteiger partial charge in [-0.15, -0.1) is 0 Å². The maximum absolute atomic E-state index is 5.98. The highest BCUT2D eigenvalue weighted by molar-refractivity contribution is 6.30. The van der Waals surface area contributed by atoms with Gasteiger partial charge >= 0.3 is 0 Å². The number of rotatable bonds is 2. The molecule has 0 atom stereocenters. The summed E-state index contributed by atoms with van der Waals surface area (Å²) in [6.07, 6.45) is 0. The first-order valence-corrected chi connectivity index (χ1v) is 5.43. The van der Waals surface area contributed by atoms with Gasteiger partial charge in [0.1, 0.15) is 11.5 Å². The zero-order valence-corrected chi connectivity index (χ0v) is 10.0. The minimum atomic E-state index is 0.413. The second-order valence-electron chi connectivity index (χ2n) is 3.73. The summed E-state index contributed by atoms with van der Waals surface area (Å²) in [5.41, 5.74) is 9.50. The van der Waals surface area contributed by atoms with Gasteiger partial charge in [-0.05, 0) is 31.5 Å². The van der Waals surface area contributed by atoms with Crippen molar-refractivity contribution in [1.82, 2.24) is 5.16 Å². The van der Waals surface area contributed by atoms with Crippen molar-refractivity contribution in [2.75, 3.05) is 0 Å². The first-order valence-electron chi connectivity index (χ1n) is 5.05. The summed E-state index contributed by atoms with van der Waals surface area (Å²) in [7, 11) is 0. The lowest BCUT2D eigenvalue weighted by Crippen LogP contribution is -1.99. The molecular weight excluding hydrogens is 224 g/mol. The third kappa shape index (κ3) is 1.84. The third-order valence-corrected chi connectivity index (χ3v) is 2.88. The van der Waals surface area contributed by atoms with Gasteiger partial charge in [-0.1, -0.05) is 22.8 Å². The van der Waals surface area contributed by atoms with E-state index < -0.39 is 0 Å². The predicted molar refractivity (Wildman–Crippen MR) is 64.3 cm³/mol. The minimum absolute atomic E-state index is 0.413. The molecule has 0 spiro atoms. The molecule has 0 aliphatic heterocycles. The van der Waals surface area contributed by atoms with Crippen molar-refractivity contribution in [2.45, 2.75) is 20.4 Å². The molecule has 1 heterocycles. The quantitative estimate of drug-likeness (QED) is 0.872. The first kappa shape index (κ1) is 11.2. The first-order chi connectivity index (χ1) is 7.63. The van der Waals surface area contributed by atoms with Crippen molar-refractivity contribution in [3.05, 3.63) is 40.1 Å². The highest BCUT2D eigenvalue weighted by atomic mass is 35.5. The number of benzene rings is 1. The van der Waals surface area contributed by atoms with E-state index in [1.54, 1.807) is 0 Å². The van der Waals surface area contributed by atoms with Crippen LogP contribution in [-0.2, 0) is 6.54 Å². The lowest BCUT2D eigenvalue weighted by atomic mass is 10.0. The number of nitrogens with two attached hydrogens (primary N) is 1. The van der Waals surface area contributed by atoms with Crippen LogP contribution in [0.25, 0.3) is 11.3 Å². The van der Waals surface area contributed by atoms with E-state index in [9.17, 15) is 0 Å². The van der Waals surface area contributed by atoms with Gasteiger partial charge in [-0.3, -0.25) is 0 Å². The normalized spacial score (nSPS) is 10.8. The Balaban J connectivity index is 2.62. The van der Waals surface area contributed by atoms with Crippen LogP contribution in [-0.4, -0.2) is 5.16 Å². The van der Waals surface area contributed by atoms with Gasteiger partial charge in [0.25, 0.3) is 0 Å². The fraction of sp³-hybridized carbons (Fsp3) is 0.250. The Morgan fingerprint density at radius 1 is 1.38 bits per heavy atom. The fourth-order valence-electron chi connectivity index (χ4n) is 1.69. The molecule has 2 N–H and O–H groups in total. The van der Waals surface area contributed by atoms with Crippen molar-refractivity contribution in [3.8, 4) is 11.3 Å². The zero-order chi connectivity index (χ0) is 11.7. The standard InChI is InChI=1S/C12H13ClN2O/c1-7-3-4-9(13)5-10(7)12-11(6-14)8(2)16-15-12/h3-5H,6,14H2,1-2H3. The molecule has 1 aromatic carbocycles. The molecule has 0 amide bonds. The molecule has 3 nitrogen and oxygen atoms in total. The molecule has 0 bridgehead atoms. The molecule has 4 heteroatoms. The van der Waals surface area contributed by atoms with Gasteiger partial charge in [-0.25, -0.2) is 0 Å². The van der Waals surface area contributed by atoms with Gasteiger partial charge in [0.15, 0.2) is 0 Å². The lowest BCUT2D eigenvalue weighted by molar-refractivity contribution is 0.398. The topological polar surface area (TPSA) is 52.0 Å². The Bertz CT molecular complexity index is 520. The summed E-state index contributed by atoms with van der Waals surface area (Å²) in [4.78, 5) is 0. The van der Waals surface area contributed by atoms with Crippen molar-refractivity contribution in [1.29, 1.82) is 0 Å². The summed E-state index contributed by atoms with van der Waals surface area (Å²) >= 11 is 5.98. The zero-order valence-electron chi connectivity index (χ0n) is 9.25. The molecule has 0 aliphatic rings. The van der Waals surface area contributed by atoms with Crippen LogP contribution >= 0.6 is 11.6 Å². The Labute approximate surface area is 99.2 Å². The predicted octanol–water partition coefficient (Wildman–Crippen LogP) is 3.07. The van der Waals surface area contributed by atoms with E-state index in [1.165, 1.54) is 0 Å². The van der Waals surface area contributed by atoms with E-state index in [4.69, 9.17) is 21.9 Å². The lowest BCUT2D eigenvalue weighted by Gasteiger charge is -2.04. The van der Waals surface area contributed by atoms with Crippen LogP contribution in [0.15, 0.2) is 22.7 Å². The highest BCUT2D eigenvalue weighted by Crippen LogP contribution is 2.29. The van der Waals surface area contributed by atoms with E-state index in [0.29, 0.717) is 11.6 Å². The molecule has 2 aromatic rings. The van der Waals surface area contributed by atoms with Crippen molar-refractivity contribution >= 4 is 11.6 Å². The largest absolute Gasteiger partial charge is 0.361 e. The Hall–Kier alpha value is -1.32. The molecule has 0 saturated carbocycles. The monoisotopic (exact) mass is 236 g/mol. The van der Waals surface area contributed by atoms with Crippen LogP contribution in [0.5, 0.6) is 0 Å². The van der Waals surface area contributed by atoms with Gasteiger partial charge < -0.3 is 10.3 Å². The number of aryl methyl sites for hydroxylation is 2. The van der Waals surface area contributed by atoms with Crippen LogP contribution in [0.4, 0.5) is 0 Å². The molecule has 16 heavy (non-hydrogen) atoms. The summed E-state index contributed by atoms with van der Waals surface area (Å²) < 4.78 is 5.16. The molecule has 0 saturated heterocycles. The Morgan fingerprint density at radius 3 is 2.81 bits per heavy atom. The van der Waals surface area contributed by atoms with E-state index in [1.807, 2.05) is 32.0 Å². The second kappa shape index (κ2) is 4.28. The second-order valence-corrected chi connectivity index (χ2v) is 4.17. The maximum Gasteiger partial charge on any atom is 0.138 e. The Kier molecular flexibility index (Phi) is 2.99. The average Bonchev–Trinajstić information content (AvgIpc) is 2.63. The van der Waals surface area contributed by atoms with Gasteiger partial charge in [0.05, 0.1) is 0 Å². The van der Waals surface area contributed by atoms with E-state index in [2.05, 4.69) is 5.16 Å². The SMILES string of the molecule is Cc1ccc(Cl)cc1-c1noc(C)c1CN. The van der Waals surface area contributed by atoms with E-state index >= 15 is 0 Å². The fourth-order valence-corrected chi connectivity index (χ4v) is 1.86. The van der Waals surface area contributed by atoms with Crippen molar-refractivity contribution in [2.24, 2.45) is 5.73 Å². The van der Waals surface area contributed by atoms with Crippen LogP contribution in [0.3, 0.4) is 0 Å². The molecule has 0 fully saturated rings. The average molecular weight is 237 g/mol. The minimum Gasteiger partial charge on any atom is -0.361 e. The molecule has 84 valence electrons. The molecular formula is C12H13ClN2O. The van der Waals surface area contributed by atoms with Crippen LogP contribution in [0, 0.1) is 13.8 Å². The summed E-state index contributed by atoms with van der Waals surface area (Å²) in [5.74, 6) is 0.761. The molecule has 0 unspecified atom stereocenters. The summed E-state index contributed by atoms with van der Waals surface area (Å²) in [5, 5.41) is 4.73. The molecule has 2 rings (SSSR count). The van der Waals surface area contributed by atoms with Gasteiger partial charge in [-0.2, -0.15) is 0 Å². The number of aromatic nitrogens is 1. The van der Waals surface area contributed by atoms with E-state index in [0.717, 1.165) is 28.1 Å². The molecule has 1 aromatic heterocycles. The Morgan fingerprint density at radius 2 is 2.12 bits per heavy atom. The van der Waals surface area contributed by atoms with Crippen molar-refractivity contribution in [3.63, 3.8) is 0 Å². The highest BCUT2D eigenvalue weighted by Gasteiger charge is 2.15. The van der Waals surface area contributed by atoms with Gasteiger partial charge in [0, 0.05) is 22.7 Å². The number of nitrogens with zero attached hydrogens (tertiary/aromatic N) is 1. The summed E-state index contributed by atoms with van der Waals surface area (Å²) in [6, 6.07) is 5.70. The molecule has 0 aliphatic carbocycles. The summed E-state index contributed by atoms with van der Waals surface area (Å²) in [6.45, 7) is 4.28.